The Kier molecular flexibility index (Phi) is 7.15. The zero-order valence-corrected chi connectivity index (χ0v) is 14.6. The van der Waals surface area contributed by atoms with Gasteiger partial charge in [0, 0.05) is 16.8 Å². The van der Waals surface area contributed by atoms with Crippen LogP contribution in [0, 0.1) is 13.8 Å². The number of allylic oxidation sites excluding steroid dienone is 2. The van der Waals surface area contributed by atoms with Crippen LogP contribution in [-0.4, -0.2) is 31.4 Å². The SMILES string of the molecule is C=C/C=C(/Sc1ccc(C)cc1C)C(=C)N(C)C(=O)CNC. The van der Waals surface area contributed by atoms with E-state index in [4.69, 9.17) is 0 Å². The molecule has 118 valence electrons. The lowest BCUT2D eigenvalue weighted by Crippen LogP contribution is -2.33. The van der Waals surface area contributed by atoms with Gasteiger partial charge >= 0.3 is 0 Å². The predicted molar refractivity (Wildman–Crippen MR) is 95.9 cm³/mol. The van der Waals surface area contributed by atoms with Gasteiger partial charge in [0.05, 0.1) is 12.2 Å². The maximum Gasteiger partial charge on any atom is 0.240 e. The van der Waals surface area contributed by atoms with E-state index in [9.17, 15) is 4.79 Å². The first-order valence-corrected chi connectivity index (χ1v) is 7.90. The molecule has 0 unspecified atom stereocenters. The molecule has 0 heterocycles. The van der Waals surface area contributed by atoms with E-state index in [1.807, 2.05) is 6.08 Å². The van der Waals surface area contributed by atoms with Crippen molar-refractivity contribution in [2.45, 2.75) is 18.7 Å². The highest BCUT2D eigenvalue weighted by Gasteiger charge is 2.15. The maximum atomic E-state index is 12.0. The summed E-state index contributed by atoms with van der Waals surface area (Å²) in [6.45, 7) is 12.3. The van der Waals surface area contributed by atoms with Crippen LogP contribution < -0.4 is 5.32 Å². The molecule has 22 heavy (non-hydrogen) atoms. The van der Waals surface area contributed by atoms with Crippen molar-refractivity contribution < 1.29 is 4.79 Å². The van der Waals surface area contributed by atoms with Gasteiger partial charge in [-0.05, 0) is 38.6 Å². The molecular formula is C18H24N2OS. The number of carbonyl (C=O) groups is 1. The summed E-state index contributed by atoms with van der Waals surface area (Å²) in [5, 5.41) is 2.86. The molecule has 0 aliphatic carbocycles. The average Bonchev–Trinajstić information content (AvgIpc) is 2.48. The smallest absolute Gasteiger partial charge is 0.240 e. The summed E-state index contributed by atoms with van der Waals surface area (Å²) < 4.78 is 0. The number of rotatable bonds is 7. The van der Waals surface area contributed by atoms with E-state index in [2.05, 4.69) is 50.5 Å². The summed E-state index contributed by atoms with van der Waals surface area (Å²) in [6, 6.07) is 6.32. The molecule has 0 bridgehead atoms. The second kappa shape index (κ2) is 8.61. The number of hydrogen-bond acceptors (Lipinski definition) is 3. The summed E-state index contributed by atoms with van der Waals surface area (Å²) in [6.07, 6.45) is 3.60. The van der Waals surface area contributed by atoms with Crippen molar-refractivity contribution in [3.63, 3.8) is 0 Å². The van der Waals surface area contributed by atoms with Gasteiger partial charge in [-0.2, -0.15) is 0 Å². The van der Waals surface area contributed by atoms with E-state index < -0.39 is 0 Å². The molecule has 0 saturated heterocycles. The molecule has 0 saturated carbocycles. The fourth-order valence-corrected chi connectivity index (χ4v) is 2.93. The first kappa shape index (κ1) is 18.3. The maximum absolute atomic E-state index is 12.0. The Morgan fingerprint density at radius 1 is 1.41 bits per heavy atom. The van der Waals surface area contributed by atoms with Crippen molar-refractivity contribution in [2.75, 3.05) is 20.6 Å². The number of nitrogens with zero attached hydrogens (tertiary/aromatic N) is 1. The molecule has 0 aromatic heterocycles. The van der Waals surface area contributed by atoms with E-state index in [0.717, 1.165) is 9.80 Å². The molecular weight excluding hydrogens is 292 g/mol. The molecule has 4 heteroatoms. The summed E-state index contributed by atoms with van der Waals surface area (Å²) in [7, 11) is 3.49. The topological polar surface area (TPSA) is 32.3 Å². The molecule has 1 aromatic carbocycles. The Hall–Kier alpha value is -1.78. The molecule has 0 spiro atoms. The van der Waals surface area contributed by atoms with Crippen molar-refractivity contribution in [3.8, 4) is 0 Å². The third-order valence-corrected chi connectivity index (χ3v) is 4.48. The van der Waals surface area contributed by atoms with Gasteiger partial charge in [-0.3, -0.25) is 4.79 Å². The average molecular weight is 316 g/mol. The van der Waals surface area contributed by atoms with Crippen molar-refractivity contribution in [3.05, 3.63) is 65.2 Å². The quantitative estimate of drug-likeness (QED) is 0.615. The minimum Gasteiger partial charge on any atom is -0.314 e. The molecule has 0 aliphatic rings. The fraction of sp³-hybridized carbons (Fsp3) is 0.278. The van der Waals surface area contributed by atoms with Gasteiger partial charge in [-0.25, -0.2) is 0 Å². The summed E-state index contributed by atoms with van der Waals surface area (Å²) >= 11 is 1.60. The number of aryl methyl sites for hydroxylation is 2. The Labute approximate surface area is 137 Å². The van der Waals surface area contributed by atoms with Crippen molar-refractivity contribution in [1.29, 1.82) is 0 Å². The molecule has 1 aromatic rings. The zero-order valence-electron chi connectivity index (χ0n) is 13.8. The molecule has 0 fully saturated rings. The largest absolute Gasteiger partial charge is 0.314 e. The van der Waals surface area contributed by atoms with Gasteiger partial charge in [0.25, 0.3) is 0 Å². The van der Waals surface area contributed by atoms with Gasteiger partial charge in [-0.15, -0.1) is 0 Å². The minimum atomic E-state index is -0.0244. The zero-order chi connectivity index (χ0) is 16.7. The Bertz CT molecular complexity index is 605. The van der Waals surface area contributed by atoms with Crippen LogP contribution in [0.3, 0.4) is 0 Å². The van der Waals surface area contributed by atoms with Crippen LogP contribution in [0.2, 0.25) is 0 Å². The Balaban J connectivity index is 2.99. The Morgan fingerprint density at radius 3 is 2.64 bits per heavy atom. The van der Waals surface area contributed by atoms with E-state index in [1.165, 1.54) is 11.1 Å². The minimum absolute atomic E-state index is 0.0244. The molecule has 3 nitrogen and oxygen atoms in total. The highest BCUT2D eigenvalue weighted by Crippen LogP contribution is 2.34. The van der Waals surface area contributed by atoms with Gasteiger partial charge in [0.2, 0.25) is 5.91 Å². The van der Waals surface area contributed by atoms with E-state index >= 15 is 0 Å². The highest BCUT2D eigenvalue weighted by molar-refractivity contribution is 8.03. The number of amides is 1. The first-order chi connectivity index (χ1) is 10.4. The van der Waals surface area contributed by atoms with Crippen LogP contribution in [-0.2, 0) is 4.79 Å². The van der Waals surface area contributed by atoms with Crippen molar-refractivity contribution in [2.24, 2.45) is 0 Å². The van der Waals surface area contributed by atoms with Crippen LogP contribution in [0.25, 0.3) is 0 Å². The van der Waals surface area contributed by atoms with Crippen molar-refractivity contribution in [1.82, 2.24) is 10.2 Å². The third kappa shape index (κ3) is 4.90. The Morgan fingerprint density at radius 2 is 2.09 bits per heavy atom. The van der Waals surface area contributed by atoms with E-state index in [1.54, 1.807) is 36.8 Å². The van der Waals surface area contributed by atoms with Gasteiger partial charge in [0.1, 0.15) is 0 Å². The van der Waals surface area contributed by atoms with E-state index in [0.29, 0.717) is 5.70 Å². The molecule has 1 amide bonds. The number of likely N-dealkylation sites (N-methyl/N-ethyl adjacent to an activating group) is 2. The highest BCUT2D eigenvalue weighted by atomic mass is 32.2. The summed E-state index contributed by atoms with van der Waals surface area (Å²) in [5.41, 5.74) is 3.11. The van der Waals surface area contributed by atoms with E-state index in [-0.39, 0.29) is 12.5 Å². The second-order valence-corrected chi connectivity index (χ2v) is 6.15. The van der Waals surface area contributed by atoms with Crippen LogP contribution >= 0.6 is 11.8 Å². The van der Waals surface area contributed by atoms with Crippen molar-refractivity contribution >= 4 is 17.7 Å². The molecule has 0 aliphatic heterocycles. The summed E-state index contributed by atoms with van der Waals surface area (Å²) in [5.74, 6) is -0.0244. The lowest BCUT2D eigenvalue weighted by atomic mass is 10.2. The lowest BCUT2D eigenvalue weighted by molar-refractivity contribution is -0.126. The molecule has 0 radical (unpaired) electrons. The second-order valence-electron chi connectivity index (χ2n) is 5.07. The van der Waals surface area contributed by atoms with Crippen LogP contribution in [0.4, 0.5) is 0 Å². The predicted octanol–water partition coefficient (Wildman–Crippen LogP) is 3.66. The number of thioether (sulfide) groups is 1. The molecule has 1 rings (SSSR count). The molecule has 0 atom stereocenters. The lowest BCUT2D eigenvalue weighted by Gasteiger charge is -2.22. The number of benzene rings is 1. The number of nitrogens with one attached hydrogen (secondary N) is 1. The van der Waals surface area contributed by atoms with Crippen LogP contribution in [0.15, 0.2) is 59.0 Å². The molecule has 1 N–H and O–H groups in total. The van der Waals surface area contributed by atoms with Gasteiger partial charge < -0.3 is 10.2 Å². The fourth-order valence-electron chi connectivity index (χ4n) is 1.91. The first-order valence-electron chi connectivity index (χ1n) is 7.09. The standard InChI is InChI=1S/C18H24N2OS/c1-7-8-17(15(4)20(6)18(21)12-19-5)22-16-10-9-13(2)11-14(16)3/h7-11,19H,1,4,12H2,2-3,5-6H3/b17-8+. The van der Waals surface area contributed by atoms with Gasteiger partial charge in [-0.1, -0.05) is 48.7 Å². The van der Waals surface area contributed by atoms with Crippen LogP contribution in [0.1, 0.15) is 11.1 Å². The number of hydrogen-bond donors (Lipinski definition) is 1. The third-order valence-electron chi connectivity index (χ3n) is 3.21. The normalized spacial score (nSPS) is 11.2. The van der Waals surface area contributed by atoms with Gasteiger partial charge in [0.15, 0.2) is 0 Å². The number of carbonyl (C=O) groups excluding carboxylic acids is 1. The monoisotopic (exact) mass is 316 g/mol. The summed E-state index contributed by atoms with van der Waals surface area (Å²) in [4.78, 5) is 15.6. The van der Waals surface area contributed by atoms with Crippen LogP contribution in [0.5, 0.6) is 0 Å².